The van der Waals surface area contributed by atoms with Gasteiger partial charge in [-0.1, -0.05) is 17.7 Å². The van der Waals surface area contributed by atoms with Gasteiger partial charge in [0.15, 0.2) is 5.82 Å². The number of pyridine rings is 1. The van der Waals surface area contributed by atoms with Crippen LogP contribution in [0.4, 0.5) is 5.95 Å². The Balaban J connectivity index is 1.85. The third-order valence-corrected chi connectivity index (χ3v) is 8.81. The second kappa shape index (κ2) is 14.0. The molecule has 1 saturated heterocycles. The molecule has 2 atom stereocenters. The van der Waals surface area contributed by atoms with Crippen molar-refractivity contribution in [3.8, 4) is 34.6 Å². The average molecular weight is 627 g/mol. The minimum absolute atomic E-state index is 0.0334. The molecule has 0 amide bonds. The van der Waals surface area contributed by atoms with Crippen LogP contribution in [0, 0.1) is 0 Å². The van der Waals surface area contributed by atoms with Gasteiger partial charge in [0, 0.05) is 32.5 Å². The van der Waals surface area contributed by atoms with Gasteiger partial charge in [-0.15, -0.1) is 10.2 Å². The third-order valence-electron chi connectivity index (χ3n) is 7.10. The zero-order chi connectivity index (χ0) is 32.0. The van der Waals surface area contributed by atoms with Crippen molar-refractivity contribution < 1.29 is 27.4 Å². The Kier molecular flexibility index (Phi) is 10.3. The number of nitrogens with one attached hydrogen (secondary N) is 1. The number of hydrogen-bond donors (Lipinski definition) is 1. The van der Waals surface area contributed by atoms with Crippen LogP contribution in [0.1, 0.15) is 20.8 Å². The van der Waals surface area contributed by atoms with Gasteiger partial charge in [0.05, 0.1) is 33.5 Å². The molecule has 2 aromatic heterocycles. The Hall–Kier alpha value is -4.34. The molecule has 3 heterocycles. The number of anilines is 1. The quantitative estimate of drug-likeness (QED) is 0.221. The zero-order valence-electron chi connectivity index (χ0n) is 25.9. The van der Waals surface area contributed by atoms with Crippen molar-refractivity contribution in [2.45, 2.75) is 38.2 Å². The molecule has 14 nitrogen and oxygen atoms in total. The molecule has 0 aliphatic carbocycles. The van der Waals surface area contributed by atoms with Gasteiger partial charge < -0.3 is 18.9 Å². The number of ether oxygens (including phenoxy) is 4. The molecule has 0 spiro atoms. The van der Waals surface area contributed by atoms with E-state index in [1.807, 2.05) is 18.7 Å². The van der Waals surface area contributed by atoms with E-state index < -0.39 is 21.3 Å². The summed E-state index contributed by atoms with van der Waals surface area (Å²) in [5, 5.41) is 7.53. The number of benzene rings is 1. The van der Waals surface area contributed by atoms with Crippen LogP contribution in [-0.4, -0.2) is 105 Å². The molecule has 0 bridgehead atoms. The molecule has 3 aromatic rings. The maximum atomic E-state index is 14.2. The summed E-state index contributed by atoms with van der Waals surface area (Å²) >= 11 is 0. The number of aliphatic imine (C=N–C) groups is 2. The van der Waals surface area contributed by atoms with Crippen molar-refractivity contribution in [1.82, 2.24) is 24.6 Å². The fraction of sp³-hybridized carbons (Fsp3) is 0.414. The smallest absolute Gasteiger partial charge is 0.243 e. The molecule has 236 valence electrons. The Labute approximate surface area is 257 Å². The number of nitrogens with zero attached hydrogens (tertiary/aromatic N) is 7. The van der Waals surface area contributed by atoms with Gasteiger partial charge in [-0.25, -0.2) is 23.4 Å². The number of likely N-dealkylation sites (tertiary alicyclic amines) is 1. The molecule has 1 unspecified atom stereocenters. The standard InChI is InChI=1S/C29H38N8O6S/c1-18(2)15-31-27(30-4)25(36-16-20(17-36)40-5)19(3)44(38,39)35-29-34-33-28(21-11-9-14-24(32-21)43-8)37(29)26-22(41-6)12-10-13-23(26)42-7/h9-15,19-20,25H,4,16-17H2,1-3,5-8H3,(H,34,35)/b31-27-/t19-,25?/m1/s1. The lowest BCUT2D eigenvalue weighted by Crippen LogP contribution is -2.62. The predicted molar refractivity (Wildman–Crippen MR) is 169 cm³/mol. The lowest BCUT2D eigenvalue weighted by Gasteiger charge is -2.44. The van der Waals surface area contributed by atoms with Gasteiger partial charge in [0.1, 0.15) is 34.0 Å². The van der Waals surface area contributed by atoms with Crippen molar-refractivity contribution in [2.75, 3.05) is 46.3 Å². The minimum atomic E-state index is -4.17. The molecule has 0 saturated carbocycles. The highest BCUT2D eigenvalue weighted by molar-refractivity contribution is 7.93. The van der Waals surface area contributed by atoms with Crippen LogP contribution >= 0.6 is 0 Å². The van der Waals surface area contributed by atoms with Crippen LogP contribution in [0.15, 0.2) is 58.2 Å². The van der Waals surface area contributed by atoms with Crippen molar-refractivity contribution in [3.63, 3.8) is 0 Å². The summed E-state index contributed by atoms with van der Waals surface area (Å²) in [6.45, 7) is 10.1. The normalized spacial score (nSPS) is 15.6. The maximum Gasteiger partial charge on any atom is 0.243 e. The molecule has 1 fully saturated rings. The van der Waals surface area contributed by atoms with Crippen LogP contribution in [0.25, 0.3) is 17.2 Å². The van der Waals surface area contributed by atoms with Crippen LogP contribution in [0.3, 0.4) is 0 Å². The fourth-order valence-electron chi connectivity index (χ4n) is 4.74. The second-order valence-electron chi connectivity index (χ2n) is 10.2. The molecule has 0 radical (unpaired) electrons. The average Bonchev–Trinajstić information content (AvgIpc) is 3.40. The van der Waals surface area contributed by atoms with E-state index >= 15 is 0 Å². The van der Waals surface area contributed by atoms with E-state index in [2.05, 4.69) is 36.6 Å². The van der Waals surface area contributed by atoms with Gasteiger partial charge in [-0.05, 0) is 45.7 Å². The van der Waals surface area contributed by atoms with Crippen molar-refractivity contribution >= 4 is 28.5 Å². The van der Waals surface area contributed by atoms with Gasteiger partial charge in [0.25, 0.3) is 0 Å². The van der Waals surface area contributed by atoms with Gasteiger partial charge >= 0.3 is 0 Å². The fourth-order valence-corrected chi connectivity index (χ4v) is 5.95. The van der Waals surface area contributed by atoms with E-state index in [0.717, 1.165) is 5.57 Å². The van der Waals surface area contributed by atoms with Gasteiger partial charge in [-0.3, -0.25) is 14.2 Å². The van der Waals surface area contributed by atoms with Crippen molar-refractivity contribution in [2.24, 2.45) is 9.98 Å². The number of aromatic nitrogens is 4. The highest BCUT2D eigenvalue weighted by atomic mass is 32.2. The number of methoxy groups -OCH3 is 4. The highest BCUT2D eigenvalue weighted by Crippen LogP contribution is 2.38. The predicted octanol–water partition coefficient (Wildman–Crippen LogP) is 3.21. The number of rotatable bonds is 13. The zero-order valence-corrected chi connectivity index (χ0v) is 26.7. The third kappa shape index (κ3) is 6.74. The molecule has 15 heteroatoms. The van der Waals surface area contributed by atoms with Crippen LogP contribution in [0.2, 0.25) is 0 Å². The number of hydrogen-bond acceptors (Lipinski definition) is 11. The summed E-state index contributed by atoms with van der Waals surface area (Å²) in [7, 11) is 1.94. The molecular formula is C29H38N8O6S. The molecule has 1 aliphatic heterocycles. The Morgan fingerprint density at radius 2 is 1.70 bits per heavy atom. The topological polar surface area (TPSA) is 155 Å². The first-order valence-electron chi connectivity index (χ1n) is 13.7. The van der Waals surface area contributed by atoms with Crippen molar-refractivity contribution in [3.05, 3.63) is 48.2 Å². The van der Waals surface area contributed by atoms with Crippen molar-refractivity contribution in [1.29, 1.82) is 0 Å². The Bertz CT molecular complexity index is 1620. The lowest BCUT2D eigenvalue weighted by molar-refractivity contribution is -0.0385. The van der Waals surface area contributed by atoms with E-state index in [0.29, 0.717) is 41.8 Å². The number of amidine groups is 1. The second-order valence-corrected chi connectivity index (χ2v) is 12.3. The van der Waals surface area contributed by atoms with E-state index in [1.54, 1.807) is 56.6 Å². The number of sulfonamides is 1. The molecule has 44 heavy (non-hydrogen) atoms. The molecular weight excluding hydrogens is 588 g/mol. The molecule has 1 aromatic carbocycles. The first-order valence-corrected chi connectivity index (χ1v) is 15.3. The minimum Gasteiger partial charge on any atom is -0.494 e. The molecule has 1 N–H and O–H groups in total. The SMILES string of the molecule is C=N/C(=N\C=C(C)C)C([C@@H](C)S(=O)(=O)Nc1nnc(-c2cccc(OC)n2)n1-c1c(OC)cccc1OC)N1CC(OC)C1. The monoisotopic (exact) mass is 626 g/mol. The first-order chi connectivity index (χ1) is 21.1. The summed E-state index contributed by atoms with van der Waals surface area (Å²) in [5.74, 6) is 1.50. The van der Waals surface area contributed by atoms with Crippen LogP contribution < -0.4 is 18.9 Å². The summed E-state index contributed by atoms with van der Waals surface area (Å²) in [6.07, 6.45) is 1.60. The van der Waals surface area contributed by atoms with E-state index in [4.69, 9.17) is 18.9 Å². The number of allylic oxidation sites excluding steroid dienone is 1. The van der Waals surface area contributed by atoms with Crippen LogP contribution in [-0.2, 0) is 14.8 Å². The maximum absolute atomic E-state index is 14.2. The number of para-hydroxylation sites is 1. The largest absolute Gasteiger partial charge is 0.494 e. The Morgan fingerprint density at radius 1 is 1.05 bits per heavy atom. The summed E-state index contributed by atoms with van der Waals surface area (Å²) in [4.78, 5) is 15.0. The first kappa shape index (κ1) is 32.6. The van der Waals surface area contributed by atoms with Gasteiger partial charge in [0.2, 0.25) is 21.9 Å². The Morgan fingerprint density at radius 3 is 2.27 bits per heavy atom. The lowest BCUT2D eigenvalue weighted by atomic mass is 10.0. The molecule has 1 aliphatic rings. The summed E-state index contributed by atoms with van der Waals surface area (Å²) in [6, 6.07) is 9.59. The van der Waals surface area contributed by atoms with Gasteiger partial charge in [-0.2, -0.15) is 0 Å². The van der Waals surface area contributed by atoms with E-state index in [-0.39, 0.29) is 23.7 Å². The highest BCUT2D eigenvalue weighted by Gasteiger charge is 2.43. The summed E-state index contributed by atoms with van der Waals surface area (Å²) < 4.78 is 54.5. The van der Waals surface area contributed by atoms with E-state index in [1.165, 1.54) is 25.9 Å². The van der Waals surface area contributed by atoms with E-state index in [9.17, 15) is 8.42 Å². The van der Waals surface area contributed by atoms with Crippen LogP contribution in [0.5, 0.6) is 17.4 Å². The molecule has 4 rings (SSSR count). The summed E-state index contributed by atoms with van der Waals surface area (Å²) in [5.41, 5.74) is 1.67.